The van der Waals surface area contributed by atoms with Crippen molar-refractivity contribution in [2.45, 2.75) is 13.8 Å². The highest BCUT2D eigenvalue weighted by Crippen LogP contribution is 2.23. The summed E-state index contributed by atoms with van der Waals surface area (Å²) in [4.78, 5) is 11.8. The van der Waals surface area contributed by atoms with Gasteiger partial charge in [0, 0.05) is 6.54 Å². The van der Waals surface area contributed by atoms with Gasteiger partial charge in [-0.3, -0.25) is 4.79 Å². The molecule has 0 radical (unpaired) electrons. The van der Waals surface area contributed by atoms with Crippen LogP contribution in [0.2, 0.25) is 5.02 Å². The van der Waals surface area contributed by atoms with Gasteiger partial charge in [-0.25, -0.2) is 4.39 Å². The lowest BCUT2D eigenvalue weighted by Crippen LogP contribution is -2.33. The zero-order valence-electron chi connectivity index (χ0n) is 9.84. The topological polar surface area (TPSA) is 55.1 Å². The predicted octanol–water partition coefficient (Wildman–Crippen LogP) is 2.65. The van der Waals surface area contributed by atoms with Crippen LogP contribution in [0.1, 0.15) is 13.8 Å². The molecule has 0 aliphatic heterocycles. The van der Waals surface area contributed by atoms with Crippen molar-refractivity contribution in [3.63, 3.8) is 0 Å². The summed E-state index contributed by atoms with van der Waals surface area (Å²) in [6, 6.07) is 4.47. The van der Waals surface area contributed by atoms with Crippen LogP contribution in [-0.2, 0) is 4.79 Å². The van der Waals surface area contributed by atoms with Crippen molar-refractivity contribution in [1.29, 1.82) is 0 Å². The number of carbonyl (C=O) groups is 1. The predicted molar refractivity (Wildman–Crippen MR) is 67.4 cm³/mol. The number of halogens is 2. The molecule has 0 aromatic heterocycles. The Kier molecular flexibility index (Phi) is 4.90. The standard InChI is InChI=1S/C12H16ClFN2O/c1-7(2)8(6-15)12(17)16-10-5-3-4-9(13)11(10)14/h3-5,7-8H,6,15H2,1-2H3,(H,16,17). The third kappa shape index (κ3) is 3.41. The van der Waals surface area contributed by atoms with Crippen LogP contribution in [0.25, 0.3) is 0 Å². The minimum absolute atomic E-state index is 0.0170. The zero-order valence-corrected chi connectivity index (χ0v) is 10.6. The normalized spacial score (nSPS) is 12.6. The van der Waals surface area contributed by atoms with E-state index in [-0.39, 0.29) is 35.0 Å². The Morgan fingerprint density at radius 3 is 2.71 bits per heavy atom. The van der Waals surface area contributed by atoms with Gasteiger partial charge in [-0.15, -0.1) is 0 Å². The first-order chi connectivity index (χ1) is 7.97. The molecular weight excluding hydrogens is 243 g/mol. The van der Waals surface area contributed by atoms with E-state index < -0.39 is 5.82 Å². The average molecular weight is 259 g/mol. The summed E-state index contributed by atoms with van der Waals surface area (Å²) in [5.41, 5.74) is 5.60. The van der Waals surface area contributed by atoms with Gasteiger partial charge in [0.1, 0.15) is 0 Å². The van der Waals surface area contributed by atoms with E-state index in [9.17, 15) is 9.18 Å². The number of hydrogen-bond acceptors (Lipinski definition) is 2. The summed E-state index contributed by atoms with van der Waals surface area (Å²) in [5.74, 6) is -1.15. The van der Waals surface area contributed by atoms with E-state index in [1.54, 1.807) is 6.07 Å². The first-order valence-electron chi connectivity index (χ1n) is 5.42. The van der Waals surface area contributed by atoms with Crippen LogP contribution in [-0.4, -0.2) is 12.5 Å². The quantitative estimate of drug-likeness (QED) is 0.872. The van der Waals surface area contributed by atoms with E-state index in [4.69, 9.17) is 17.3 Å². The number of carbonyl (C=O) groups excluding carboxylic acids is 1. The highest BCUT2D eigenvalue weighted by atomic mass is 35.5. The van der Waals surface area contributed by atoms with E-state index in [1.807, 2.05) is 13.8 Å². The maximum atomic E-state index is 13.6. The van der Waals surface area contributed by atoms with E-state index in [0.717, 1.165) is 0 Å². The number of hydrogen-bond donors (Lipinski definition) is 2. The molecule has 1 aromatic rings. The third-order valence-electron chi connectivity index (χ3n) is 2.60. The fourth-order valence-electron chi connectivity index (χ4n) is 1.51. The molecule has 0 aliphatic carbocycles. The minimum atomic E-state index is -0.623. The smallest absolute Gasteiger partial charge is 0.229 e. The van der Waals surface area contributed by atoms with Crippen LogP contribution >= 0.6 is 11.6 Å². The fraction of sp³-hybridized carbons (Fsp3) is 0.417. The van der Waals surface area contributed by atoms with Crippen molar-refractivity contribution < 1.29 is 9.18 Å². The van der Waals surface area contributed by atoms with Crippen LogP contribution in [0.3, 0.4) is 0 Å². The molecule has 1 rings (SSSR count). The fourth-order valence-corrected chi connectivity index (χ4v) is 1.68. The third-order valence-corrected chi connectivity index (χ3v) is 2.90. The molecule has 0 heterocycles. The van der Waals surface area contributed by atoms with Gasteiger partial charge in [0.2, 0.25) is 5.91 Å². The van der Waals surface area contributed by atoms with Gasteiger partial charge in [-0.2, -0.15) is 0 Å². The second-order valence-corrected chi connectivity index (χ2v) is 4.58. The van der Waals surface area contributed by atoms with Gasteiger partial charge < -0.3 is 11.1 Å². The summed E-state index contributed by atoms with van der Waals surface area (Å²) in [6.07, 6.45) is 0. The van der Waals surface area contributed by atoms with Crippen molar-refractivity contribution in [1.82, 2.24) is 0 Å². The Hall–Kier alpha value is -1.13. The maximum absolute atomic E-state index is 13.6. The molecule has 1 atom stereocenters. The monoisotopic (exact) mass is 258 g/mol. The maximum Gasteiger partial charge on any atom is 0.229 e. The molecule has 17 heavy (non-hydrogen) atoms. The van der Waals surface area contributed by atoms with E-state index in [2.05, 4.69) is 5.32 Å². The van der Waals surface area contributed by atoms with E-state index in [0.29, 0.717) is 0 Å². The Labute approximate surface area is 105 Å². The van der Waals surface area contributed by atoms with Crippen molar-refractivity contribution in [2.75, 3.05) is 11.9 Å². The Bertz CT molecular complexity index is 409. The molecule has 0 spiro atoms. The van der Waals surface area contributed by atoms with Crippen molar-refractivity contribution >= 4 is 23.2 Å². The molecular formula is C12H16ClFN2O. The molecule has 0 saturated heterocycles. The molecule has 0 saturated carbocycles. The first kappa shape index (κ1) is 13.9. The summed E-state index contributed by atoms with van der Waals surface area (Å²) in [6.45, 7) is 4.02. The highest BCUT2D eigenvalue weighted by molar-refractivity contribution is 6.31. The molecule has 1 amide bonds. The summed E-state index contributed by atoms with van der Waals surface area (Å²) < 4.78 is 13.6. The number of amides is 1. The minimum Gasteiger partial charge on any atom is -0.330 e. The molecule has 0 aliphatic rings. The number of nitrogens with two attached hydrogens (primary N) is 1. The molecule has 3 N–H and O–H groups in total. The van der Waals surface area contributed by atoms with Crippen LogP contribution in [0, 0.1) is 17.7 Å². The van der Waals surface area contributed by atoms with Gasteiger partial charge in [0.15, 0.2) is 5.82 Å². The van der Waals surface area contributed by atoms with Crippen LogP contribution in [0.4, 0.5) is 10.1 Å². The van der Waals surface area contributed by atoms with Gasteiger partial charge in [-0.05, 0) is 18.1 Å². The molecule has 1 unspecified atom stereocenters. The number of rotatable bonds is 4. The van der Waals surface area contributed by atoms with Gasteiger partial charge in [0.05, 0.1) is 16.6 Å². The van der Waals surface area contributed by atoms with Crippen molar-refractivity contribution in [3.05, 3.63) is 29.0 Å². The Morgan fingerprint density at radius 2 is 2.18 bits per heavy atom. The highest BCUT2D eigenvalue weighted by Gasteiger charge is 2.21. The number of benzene rings is 1. The summed E-state index contributed by atoms with van der Waals surface area (Å²) >= 11 is 5.62. The lowest BCUT2D eigenvalue weighted by atomic mass is 9.95. The van der Waals surface area contributed by atoms with Crippen LogP contribution in [0.5, 0.6) is 0 Å². The molecule has 0 bridgehead atoms. The van der Waals surface area contributed by atoms with Crippen molar-refractivity contribution in [2.24, 2.45) is 17.6 Å². The lowest BCUT2D eigenvalue weighted by molar-refractivity contribution is -0.120. The largest absolute Gasteiger partial charge is 0.330 e. The van der Waals surface area contributed by atoms with E-state index in [1.165, 1.54) is 12.1 Å². The van der Waals surface area contributed by atoms with Crippen molar-refractivity contribution in [3.8, 4) is 0 Å². The average Bonchev–Trinajstić information content (AvgIpc) is 2.25. The Balaban J connectivity index is 2.84. The van der Waals surface area contributed by atoms with Crippen LogP contribution in [0.15, 0.2) is 18.2 Å². The SMILES string of the molecule is CC(C)C(CN)C(=O)Nc1cccc(Cl)c1F. The number of nitrogens with one attached hydrogen (secondary N) is 1. The van der Waals surface area contributed by atoms with Gasteiger partial charge in [-0.1, -0.05) is 31.5 Å². The lowest BCUT2D eigenvalue weighted by Gasteiger charge is -2.18. The van der Waals surface area contributed by atoms with Gasteiger partial charge in [0.25, 0.3) is 0 Å². The molecule has 1 aromatic carbocycles. The number of anilines is 1. The van der Waals surface area contributed by atoms with E-state index >= 15 is 0 Å². The molecule has 0 fully saturated rings. The zero-order chi connectivity index (χ0) is 13.0. The van der Waals surface area contributed by atoms with Gasteiger partial charge >= 0.3 is 0 Å². The first-order valence-corrected chi connectivity index (χ1v) is 5.80. The Morgan fingerprint density at radius 1 is 1.53 bits per heavy atom. The summed E-state index contributed by atoms with van der Waals surface area (Å²) in [7, 11) is 0. The summed E-state index contributed by atoms with van der Waals surface area (Å²) in [5, 5.41) is 2.49. The second-order valence-electron chi connectivity index (χ2n) is 4.18. The molecule has 5 heteroatoms. The molecule has 3 nitrogen and oxygen atoms in total. The molecule has 94 valence electrons. The second kappa shape index (κ2) is 5.98. The van der Waals surface area contributed by atoms with Crippen LogP contribution < -0.4 is 11.1 Å².